The molecule has 1 N–H and O–H groups in total. The Labute approximate surface area is 138 Å². The molecule has 0 saturated heterocycles. The van der Waals surface area contributed by atoms with Gasteiger partial charge >= 0.3 is 0 Å². The highest BCUT2D eigenvalue weighted by atomic mass is 19.2. The van der Waals surface area contributed by atoms with Crippen molar-refractivity contribution in [1.29, 1.82) is 0 Å². The number of anilines is 1. The van der Waals surface area contributed by atoms with E-state index in [2.05, 4.69) is 12.2 Å². The Balaban J connectivity index is 1.99. The number of rotatable bonds is 7. The lowest BCUT2D eigenvalue weighted by atomic mass is 10.2. The maximum absolute atomic E-state index is 13.6. The average molecular weight is 337 g/mol. The van der Waals surface area contributed by atoms with Crippen LogP contribution in [0.15, 0.2) is 36.4 Å². The lowest BCUT2D eigenvalue weighted by Crippen LogP contribution is -2.13. The van der Waals surface area contributed by atoms with E-state index < -0.39 is 29.0 Å². The minimum Gasteiger partial charge on any atom is -0.494 e. The zero-order chi connectivity index (χ0) is 17.5. The molecule has 0 aliphatic heterocycles. The van der Waals surface area contributed by atoms with E-state index >= 15 is 0 Å². The second kappa shape index (κ2) is 8.38. The molecule has 3 nitrogen and oxygen atoms in total. The molecule has 0 aliphatic carbocycles. The molecule has 2 aromatic rings. The summed E-state index contributed by atoms with van der Waals surface area (Å²) in [7, 11) is 0. The second-order valence-electron chi connectivity index (χ2n) is 5.26. The van der Waals surface area contributed by atoms with Crippen LogP contribution in [0, 0.1) is 17.5 Å². The lowest BCUT2D eigenvalue weighted by molar-refractivity contribution is 0.102. The number of hydrogen-bond donors (Lipinski definition) is 1. The van der Waals surface area contributed by atoms with Crippen LogP contribution in [0.25, 0.3) is 0 Å². The first kappa shape index (κ1) is 17.8. The van der Waals surface area contributed by atoms with Gasteiger partial charge in [0.15, 0.2) is 17.5 Å². The molecule has 2 rings (SSSR count). The summed E-state index contributed by atoms with van der Waals surface area (Å²) in [6.07, 6.45) is 3.14. The predicted molar refractivity (Wildman–Crippen MR) is 85.7 cm³/mol. The highest BCUT2D eigenvalue weighted by Gasteiger charge is 2.16. The zero-order valence-corrected chi connectivity index (χ0v) is 13.2. The minimum atomic E-state index is -1.62. The highest BCUT2D eigenvalue weighted by molar-refractivity contribution is 6.04. The SMILES string of the molecule is CCCCCOc1ccc(C(=O)Nc2ccc(F)c(F)c2F)cc1. The van der Waals surface area contributed by atoms with Gasteiger partial charge in [-0.2, -0.15) is 0 Å². The largest absolute Gasteiger partial charge is 0.494 e. The Kier molecular flexibility index (Phi) is 6.23. The number of carbonyl (C=O) groups excluding carboxylic acids is 1. The fourth-order valence-electron chi connectivity index (χ4n) is 2.06. The molecule has 0 aromatic heterocycles. The molecule has 0 bridgehead atoms. The molecule has 6 heteroatoms. The number of amides is 1. The number of hydrogen-bond acceptors (Lipinski definition) is 2. The minimum absolute atomic E-state index is 0.250. The maximum atomic E-state index is 13.6. The summed E-state index contributed by atoms with van der Waals surface area (Å²) in [5.74, 6) is -4.36. The maximum Gasteiger partial charge on any atom is 0.255 e. The van der Waals surface area contributed by atoms with Crippen LogP contribution in [0.5, 0.6) is 5.75 Å². The van der Waals surface area contributed by atoms with Crippen molar-refractivity contribution in [1.82, 2.24) is 0 Å². The van der Waals surface area contributed by atoms with E-state index in [1.807, 2.05) is 0 Å². The van der Waals surface area contributed by atoms with Gasteiger partial charge in [-0.05, 0) is 42.8 Å². The van der Waals surface area contributed by atoms with Gasteiger partial charge in [0.2, 0.25) is 0 Å². The Morgan fingerprint density at radius 3 is 2.38 bits per heavy atom. The van der Waals surface area contributed by atoms with E-state index in [9.17, 15) is 18.0 Å². The summed E-state index contributed by atoms with van der Waals surface area (Å²) in [6, 6.07) is 8.01. The normalized spacial score (nSPS) is 10.5. The molecule has 0 aliphatic rings. The van der Waals surface area contributed by atoms with Crippen molar-refractivity contribution in [2.75, 3.05) is 11.9 Å². The number of unbranched alkanes of at least 4 members (excludes halogenated alkanes) is 2. The van der Waals surface area contributed by atoms with Crippen molar-refractivity contribution in [3.63, 3.8) is 0 Å². The third kappa shape index (κ3) is 4.50. The summed E-state index contributed by atoms with van der Waals surface area (Å²) in [4.78, 5) is 12.0. The fourth-order valence-corrected chi connectivity index (χ4v) is 2.06. The van der Waals surface area contributed by atoms with Gasteiger partial charge in [0, 0.05) is 5.56 Å². The van der Waals surface area contributed by atoms with Crippen molar-refractivity contribution >= 4 is 11.6 Å². The van der Waals surface area contributed by atoms with Crippen LogP contribution in [0.2, 0.25) is 0 Å². The van der Waals surface area contributed by atoms with Gasteiger partial charge in [0.05, 0.1) is 12.3 Å². The number of nitrogens with one attached hydrogen (secondary N) is 1. The van der Waals surface area contributed by atoms with E-state index in [1.54, 1.807) is 12.1 Å². The van der Waals surface area contributed by atoms with Gasteiger partial charge in [-0.15, -0.1) is 0 Å². The van der Waals surface area contributed by atoms with Crippen LogP contribution in [0.4, 0.5) is 18.9 Å². The van der Waals surface area contributed by atoms with E-state index in [-0.39, 0.29) is 5.56 Å². The van der Waals surface area contributed by atoms with Crippen LogP contribution >= 0.6 is 0 Å². The number of halogens is 3. The number of carbonyl (C=O) groups is 1. The van der Waals surface area contributed by atoms with Crippen molar-refractivity contribution in [2.24, 2.45) is 0 Å². The Bertz CT molecular complexity index is 702. The summed E-state index contributed by atoms with van der Waals surface area (Å²) in [5.41, 5.74) is -0.168. The number of ether oxygens (including phenoxy) is 1. The predicted octanol–water partition coefficient (Wildman–Crippen LogP) is 4.93. The Morgan fingerprint density at radius 2 is 1.71 bits per heavy atom. The molecule has 0 unspecified atom stereocenters. The Hall–Kier alpha value is -2.50. The van der Waals surface area contributed by atoms with E-state index in [1.165, 1.54) is 12.1 Å². The van der Waals surface area contributed by atoms with Crippen molar-refractivity contribution in [2.45, 2.75) is 26.2 Å². The molecule has 0 heterocycles. The van der Waals surface area contributed by atoms with Gasteiger partial charge < -0.3 is 10.1 Å². The monoisotopic (exact) mass is 337 g/mol. The third-order valence-electron chi connectivity index (χ3n) is 3.42. The van der Waals surface area contributed by atoms with Crippen LogP contribution in [0.1, 0.15) is 36.5 Å². The molecule has 0 spiro atoms. The van der Waals surface area contributed by atoms with Gasteiger partial charge in [-0.3, -0.25) is 4.79 Å². The molecule has 0 atom stereocenters. The second-order valence-corrected chi connectivity index (χ2v) is 5.26. The van der Waals surface area contributed by atoms with Gasteiger partial charge in [-0.1, -0.05) is 19.8 Å². The summed E-state index contributed by atoms with van der Waals surface area (Å²) in [5, 5.41) is 2.21. The first-order valence-electron chi connectivity index (χ1n) is 7.70. The summed E-state index contributed by atoms with van der Waals surface area (Å²) in [6.45, 7) is 2.70. The highest BCUT2D eigenvalue weighted by Crippen LogP contribution is 2.21. The van der Waals surface area contributed by atoms with E-state index in [0.717, 1.165) is 31.4 Å². The summed E-state index contributed by atoms with van der Waals surface area (Å²) < 4.78 is 45.1. The van der Waals surface area contributed by atoms with E-state index in [0.29, 0.717) is 12.4 Å². The molecule has 0 fully saturated rings. The molecule has 1 amide bonds. The van der Waals surface area contributed by atoms with Gasteiger partial charge in [-0.25, -0.2) is 13.2 Å². The first-order valence-corrected chi connectivity index (χ1v) is 7.70. The van der Waals surface area contributed by atoms with Crippen LogP contribution in [-0.2, 0) is 0 Å². The standard InChI is InChI=1S/C18H18F3NO2/c1-2-3-4-11-24-13-7-5-12(6-8-13)18(23)22-15-10-9-14(19)16(20)17(15)21/h5-10H,2-4,11H2,1H3,(H,22,23). The fraction of sp³-hybridized carbons (Fsp3) is 0.278. The van der Waals surface area contributed by atoms with Crippen molar-refractivity contribution in [3.05, 3.63) is 59.4 Å². The molecule has 0 saturated carbocycles. The van der Waals surface area contributed by atoms with Crippen molar-refractivity contribution in [3.8, 4) is 5.75 Å². The Morgan fingerprint density at radius 1 is 1.00 bits per heavy atom. The van der Waals surface area contributed by atoms with Gasteiger partial charge in [0.1, 0.15) is 5.75 Å². The quantitative estimate of drug-likeness (QED) is 0.575. The van der Waals surface area contributed by atoms with Gasteiger partial charge in [0.25, 0.3) is 5.91 Å². The summed E-state index contributed by atoms with van der Waals surface area (Å²) >= 11 is 0. The molecular formula is C18H18F3NO2. The molecule has 0 radical (unpaired) electrons. The lowest BCUT2D eigenvalue weighted by Gasteiger charge is -2.09. The molecule has 2 aromatic carbocycles. The average Bonchev–Trinajstić information content (AvgIpc) is 2.59. The van der Waals surface area contributed by atoms with Crippen LogP contribution in [-0.4, -0.2) is 12.5 Å². The van der Waals surface area contributed by atoms with E-state index in [4.69, 9.17) is 4.74 Å². The topological polar surface area (TPSA) is 38.3 Å². The first-order chi connectivity index (χ1) is 11.5. The molecule has 24 heavy (non-hydrogen) atoms. The van der Waals surface area contributed by atoms with Crippen molar-refractivity contribution < 1.29 is 22.7 Å². The number of benzene rings is 2. The molecule has 128 valence electrons. The van der Waals surface area contributed by atoms with Crippen LogP contribution in [0.3, 0.4) is 0 Å². The van der Waals surface area contributed by atoms with Crippen LogP contribution < -0.4 is 10.1 Å². The zero-order valence-electron chi connectivity index (χ0n) is 13.2. The smallest absolute Gasteiger partial charge is 0.255 e. The molecular weight excluding hydrogens is 319 g/mol. The third-order valence-corrected chi connectivity index (χ3v) is 3.42.